The highest BCUT2D eigenvalue weighted by atomic mass is 16.3. The van der Waals surface area contributed by atoms with E-state index >= 15 is 0 Å². The van der Waals surface area contributed by atoms with E-state index in [-0.39, 0.29) is 0 Å². The highest BCUT2D eigenvalue weighted by molar-refractivity contribution is 5.82. The number of anilines is 1. The predicted octanol–water partition coefficient (Wildman–Crippen LogP) is 2.69. The van der Waals surface area contributed by atoms with Crippen molar-refractivity contribution in [3.63, 3.8) is 0 Å². The molecule has 4 heteroatoms. The molecule has 96 valence electrons. The molecule has 4 nitrogen and oxygen atoms in total. The summed E-state index contributed by atoms with van der Waals surface area (Å²) in [6.45, 7) is 4.99. The zero-order valence-corrected chi connectivity index (χ0v) is 11.1. The Labute approximate surface area is 111 Å². The van der Waals surface area contributed by atoms with Crippen LogP contribution in [0.2, 0.25) is 0 Å². The first-order valence-electron chi connectivity index (χ1n) is 6.33. The number of nitrogens with zero attached hydrogens (tertiary/aromatic N) is 2. The Morgan fingerprint density at radius 2 is 2.21 bits per heavy atom. The van der Waals surface area contributed by atoms with Gasteiger partial charge in [-0.3, -0.25) is 0 Å². The first-order valence-corrected chi connectivity index (χ1v) is 6.33. The van der Waals surface area contributed by atoms with Crippen molar-refractivity contribution in [2.45, 2.75) is 20.4 Å². The Hall–Kier alpha value is -2.36. The summed E-state index contributed by atoms with van der Waals surface area (Å²) in [5, 5.41) is 0. The van der Waals surface area contributed by atoms with Gasteiger partial charge in [0.05, 0.1) is 0 Å². The lowest BCUT2D eigenvalue weighted by atomic mass is 10.2. The quantitative estimate of drug-likeness (QED) is 0.565. The van der Waals surface area contributed by atoms with Crippen molar-refractivity contribution in [2.75, 3.05) is 5.73 Å². The van der Waals surface area contributed by atoms with Crippen LogP contribution in [-0.4, -0.2) is 4.98 Å². The molecular formula is C15H16N3O+. The maximum atomic E-state index is 5.86. The Kier molecular flexibility index (Phi) is 2.71. The molecule has 2 N–H and O–H groups in total. The smallest absolute Gasteiger partial charge is 0.233 e. The molecule has 0 radical (unpaired) electrons. The normalized spacial score (nSPS) is 11.1. The van der Waals surface area contributed by atoms with Crippen molar-refractivity contribution >= 4 is 16.8 Å². The highest BCUT2D eigenvalue weighted by Crippen LogP contribution is 2.27. The van der Waals surface area contributed by atoms with E-state index in [9.17, 15) is 0 Å². The minimum Gasteiger partial charge on any atom is -0.436 e. The van der Waals surface area contributed by atoms with E-state index in [0.29, 0.717) is 11.6 Å². The molecule has 0 amide bonds. The molecule has 0 aliphatic heterocycles. The fraction of sp³-hybridized carbons (Fsp3) is 0.200. The summed E-state index contributed by atoms with van der Waals surface area (Å²) in [6, 6.07) is 7.73. The Balaban J connectivity index is 2.17. The van der Waals surface area contributed by atoms with Crippen LogP contribution in [0.5, 0.6) is 0 Å². The molecule has 2 heterocycles. The Bertz CT molecular complexity index is 746. The van der Waals surface area contributed by atoms with E-state index in [2.05, 4.69) is 16.5 Å². The zero-order chi connectivity index (χ0) is 13.4. The molecule has 2 aromatic heterocycles. The van der Waals surface area contributed by atoms with E-state index in [0.717, 1.165) is 28.8 Å². The average molecular weight is 254 g/mol. The van der Waals surface area contributed by atoms with Crippen molar-refractivity contribution in [1.29, 1.82) is 0 Å². The minimum atomic E-state index is 0.631. The molecular weight excluding hydrogens is 238 g/mol. The van der Waals surface area contributed by atoms with Crippen LogP contribution in [0.15, 0.2) is 41.1 Å². The van der Waals surface area contributed by atoms with Crippen LogP contribution < -0.4 is 10.3 Å². The third-order valence-corrected chi connectivity index (χ3v) is 3.17. The van der Waals surface area contributed by atoms with Crippen LogP contribution in [0.3, 0.4) is 0 Å². The molecule has 0 saturated heterocycles. The maximum Gasteiger partial charge on any atom is 0.233 e. The van der Waals surface area contributed by atoms with Crippen molar-refractivity contribution in [3.05, 3.63) is 42.2 Å². The molecule has 19 heavy (non-hydrogen) atoms. The number of hydrogen-bond acceptors (Lipinski definition) is 3. The lowest BCUT2D eigenvalue weighted by molar-refractivity contribution is -0.693. The number of hydrogen-bond donors (Lipinski definition) is 1. The van der Waals surface area contributed by atoms with Gasteiger partial charge in [0.25, 0.3) is 0 Å². The summed E-state index contributed by atoms with van der Waals surface area (Å²) in [6.07, 6.45) is 4.05. The zero-order valence-electron chi connectivity index (χ0n) is 11.1. The van der Waals surface area contributed by atoms with Gasteiger partial charge >= 0.3 is 0 Å². The summed E-state index contributed by atoms with van der Waals surface area (Å²) in [4.78, 5) is 4.52. The SMILES string of the molecule is CC[n+]1cccc(-c2nc3cc(N)cc(C)c3o2)c1. The number of rotatable bonds is 2. The number of fused-ring (bicyclic) bond motifs is 1. The van der Waals surface area contributed by atoms with Crippen LogP contribution >= 0.6 is 0 Å². The summed E-state index contributed by atoms with van der Waals surface area (Å²) in [5.74, 6) is 0.631. The summed E-state index contributed by atoms with van der Waals surface area (Å²) < 4.78 is 7.95. The van der Waals surface area contributed by atoms with Crippen LogP contribution in [-0.2, 0) is 6.54 Å². The van der Waals surface area contributed by atoms with E-state index < -0.39 is 0 Å². The van der Waals surface area contributed by atoms with Gasteiger partial charge in [0.1, 0.15) is 17.6 Å². The van der Waals surface area contributed by atoms with E-state index in [1.807, 2.05) is 43.6 Å². The summed E-state index contributed by atoms with van der Waals surface area (Å²) in [7, 11) is 0. The fourth-order valence-electron chi connectivity index (χ4n) is 2.20. The number of oxazole rings is 1. The van der Waals surface area contributed by atoms with Crippen LogP contribution in [0, 0.1) is 6.92 Å². The van der Waals surface area contributed by atoms with Gasteiger partial charge in [-0.25, -0.2) is 9.55 Å². The average Bonchev–Trinajstić information content (AvgIpc) is 2.83. The molecule has 0 fully saturated rings. The van der Waals surface area contributed by atoms with Crippen LogP contribution in [0.1, 0.15) is 12.5 Å². The first kappa shape index (κ1) is 11.7. The van der Waals surface area contributed by atoms with Gasteiger partial charge in [0.15, 0.2) is 18.0 Å². The third kappa shape index (κ3) is 2.05. The molecule has 0 bridgehead atoms. The third-order valence-electron chi connectivity index (χ3n) is 3.17. The number of pyridine rings is 1. The molecule has 0 unspecified atom stereocenters. The summed E-state index contributed by atoms with van der Waals surface area (Å²) in [5.41, 5.74) is 10.1. The van der Waals surface area contributed by atoms with Gasteiger partial charge in [0, 0.05) is 11.8 Å². The second kappa shape index (κ2) is 4.39. The molecule has 0 aliphatic rings. The molecule has 0 spiro atoms. The topological polar surface area (TPSA) is 55.9 Å². The minimum absolute atomic E-state index is 0.631. The molecule has 3 aromatic rings. The predicted molar refractivity (Wildman–Crippen MR) is 74.5 cm³/mol. The van der Waals surface area contributed by atoms with Crippen molar-refractivity contribution in [1.82, 2.24) is 4.98 Å². The summed E-state index contributed by atoms with van der Waals surface area (Å²) >= 11 is 0. The fourth-order valence-corrected chi connectivity index (χ4v) is 2.20. The Morgan fingerprint density at radius 1 is 1.37 bits per heavy atom. The maximum absolute atomic E-state index is 5.86. The van der Waals surface area contributed by atoms with Gasteiger partial charge in [-0.1, -0.05) is 0 Å². The molecule has 3 rings (SSSR count). The molecule has 0 saturated carbocycles. The number of aryl methyl sites for hydroxylation is 2. The molecule has 1 aromatic carbocycles. The van der Waals surface area contributed by atoms with Gasteiger partial charge in [-0.05, 0) is 37.6 Å². The lowest BCUT2D eigenvalue weighted by Gasteiger charge is -1.95. The van der Waals surface area contributed by atoms with Crippen LogP contribution in [0.25, 0.3) is 22.6 Å². The molecule has 0 atom stereocenters. The number of nitrogen functional groups attached to an aromatic ring is 1. The number of aromatic nitrogens is 2. The largest absolute Gasteiger partial charge is 0.436 e. The number of benzene rings is 1. The first-order chi connectivity index (χ1) is 9.17. The lowest BCUT2D eigenvalue weighted by Crippen LogP contribution is -2.30. The second-order valence-electron chi connectivity index (χ2n) is 4.63. The van der Waals surface area contributed by atoms with Crippen molar-refractivity contribution in [2.24, 2.45) is 0 Å². The number of nitrogens with two attached hydrogens (primary N) is 1. The Morgan fingerprint density at radius 3 is 3.00 bits per heavy atom. The van der Waals surface area contributed by atoms with Gasteiger partial charge in [-0.2, -0.15) is 0 Å². The van der Waals surface area contributed by atoms with Crippen LogP contribution in [0.4, 0.5) is 5.69 Å². The van der Waals surface area contributed by atoms with Crippen molar-refractivity contribution in [3.8, 4) is 11.5 Å². The monoisotopic (exact) mass is 254 g/mol. The van der Waals surface area contributed by atoms with Gasteiger partial charge in [-0.15, -0.1) is 0 Å². The van der Waals surface area contributed by atoms with E-state index in [4.69, 9.17) is 10.2 Å². The molecule has 0 aliphatic carbocycles. The van der Waals surface area contributed by atoms with E-state index in [1.165, 1.54) is 0 Å². The standard InChI is InChI=1S/C15H16N3O/c1-3-18-6-4-5-11(9-18)15-17-13-8-12(16)7-10(2)14(13)19-15/h4-9H,3,16H2,1-2H3/q+1. The second-order valence-corrected chi connectivity index (χ2v) is 4.63. The van der Waals surface area contributed by atoms with Crippen molar-refractivity contribution < 1.29 is 8.98 Å². The highest BCUT2D eigenvalue weighted by Gasteiger charge is 2.13. The van der Waals surface area contributed by atoms with Gasteiger partial charge < -0.3 is 10.2 Å². The van der Waals surface area contributed by atoms with E-state index in [1.54, 1.807) is 0 Å². The van der Waals surface area contributed by atoms with Gasteiger partial charge in [0.2, 0.25) is 5.89 Å².